The first-order valence-corrected chi connectivity index (χ1v) is 9.70. The van der Waals surface area contributed by atoms with Crippen molar-refractivity contribution < 1.29 is 47.8 Å². The van der Waals surface area contributed by atoms with Gasteiger partial charge in [-0.1, -0.05) is 0 Å². The quantitative estimate of drug-likeness (QED) is 0.254. The molecule has 0 bridgehead atoms. The third-order valence-corrected chi connectivity index (χ3v) is 4.25. The van der Waals surface area contributed by atoms with E-state index < -0.39 is 0 Å². The maximum atomic E-state index is 12.9. The van der Waals surface area contributed by atoms with E-state index in [4.69, 9.17) is 37.9 Å². The zero-order chi connectivity index (χ0) is 24.2. The van der Waals surface area contributed by atoms with Gasteiger partial charge in [0.25, 0.3) is 0 Å². The standard InChI is InChI=1S/C23H28O10/c1-26-12-31-18-9-7-15(21(25)23(18)30-5)6-8-17(24)16-10-19(32-13-27-2)22(29-4)20(11-16)33-14-28-3/h6-11,25H,12-14H2,1-5H3/b8-6+. The lowest BCUT2D eigenvalue weighted by molar-refractivity contribution is 0.0421. The summed E-state index contributed by atoms with van der Waals surface area (Å²) in [6, 6.07) is 6.20. The number of aromatic hydroxyl groups is 1. The van der Waals surface area contributed by atoms with Crippen LogP contribution in [-0.2, 0) is 14.2 Å². The fourth-order valence-corrected chi connectivity index (χ4v) is 2.78. The van der Waals surface area contributed by atoms with Gasteiger partial charge >= 0.3 is 0 Å². The molecule has 0 spiro atoms. The van der Waals surface area contributed by atoms with Gasteiger partial charge in [-0.05, 0) is 36.4 Å². The number of hydrogen-bond donors (Lipinski definition) is 1. The molecule has 0 radical (unpaired) electrons. The highest BCUT2D eigenvalue weighted by Crippen LogP contribution is 2.41. The summed E-state index contributed by atoms with van der Waals surface area (Å²) in [6.07, 6.45) is 2.75. The van der Waals surface area contributed by atoms with Crippen LogP contribution in [0.3, 0.4) is 0 Å². The SMILES string of the molecule is COCOc1cc(C(=O)/C=C/c2ccc(OCOC)c(OC)c2O)cc(OCOC)c1OC. The Morgan fingerprint density at radius 3 is 1.79 bits per heavy atom. The maximum Gasteiger partial charge on any atom is 0.203 e. The molecule has 0 fully saturated rings. The topological polar surface area (TPSA) is 111 Å². The molecule has 2 rings (SSSR count). The fourth-order valence-electron chi connectivity index (χ4n) is 2.78. The van der Waals surface area contributed by atoms with E-state index in [-0.39, 0.29) is 54.7 Å². The molecular weight excluding hydrogens is 436 g/mol. The van der Waals surface area contributed by atoms with Gasteiger partial charge < -0.3 is 43.0 Å². The van der Waals surface area contributed by atoms with E-state index in [1.807, 2.05) is 0 Å². The van der Waals surface area contributed by atoms with E-state index >= 15 is 0 Å². The van der Waals surface area contributed by atoms with Crippen LogP contribution >= 0.6 is 0 Å². The number of phenols is 1. The van der Waals surface area contributed by atoms with E-state index in [9.17, 15) is 9.90 Å². The molecule has 33 heavy (non-hydrogen) atoms. The van der Waals surface area contributed by atoms with Crippen LogP contribution < -0.4 is 23.7 Å². The number of allylic oxidation sites excluding steroid dienone is 1. The summed E-state index contributed by atoms with van der Waals surface area (Å²) in [7, 11) is 7.27. The normalized spacial score (nSPS) is 10.8. The van der Waals surface area contributed by atoms with Crippen molar-refractivity contribution in [3.63, 3.8) is 0 Å². The summed E-state index contributed by atoms with van der Waals surface area (Å²) in [6.45, 7) is -0.126. The second kappa shape index (κ2) is 13.2. The molecule has 0 saturated carbocycles. The molecule has 0 unspecified atom stereocenters. The van der Waals surface area contributed by atoms with E-state index in [2.05, 4.69) is 0 Å². The molecule has 0 atom stereocenters. The zero-order valence-electron chi connectivity index (χ0n) is 19.2. The Kier molecular flexibility index (Phi) is 10.3. The van der Waals surface area contributed by atoms with Crippen molar-refractivity contribution in [3.8, 4) is 34.5 Å². The minimum absolute atomic E-state index is 0.0120. The number of carbonyl (C=O) groups excluding carboxylic acids is 1. The molecule has 0 aliphatic rings. The first-order valence-electron chi connectivity index (χ1n) is 9.70. The minimum Gasteiger partial charge on any atom is -0.504 e. The van der Waals surface area contributed by atoms with Crippen molar-refractivity contribution in [2.45, 2.75) is 0 Å². The highest BCUT2D eigenvalue weighted by Gasteiger charge is 2.18. The number of rotatable bonds is 14. The molecule has 180 valence electrons. The smallest absolute Gasteiger partial charge is 0.203 e. The molecule has 1 N–H and O–H groups in total. The molecule has 0 saturated heterocycles. The van der Waals surface area contributed by atoms with Crippen LogP contribution in [0.5, 0.6) is 34.5 Å². The highest BCUT2D eigenvalue weighted by molar-refractivity contribution is 6.07. The van der Waals surface area contributed by atoms with Gasteiger partial charge in [0.1, 0.15) is 0 Å². The number of benzene rings is 2. The van der Waals surface area contributed by atoms with Crippen molar-refractivity contribution in [3.05, 3.63) is 41.5 Å². The van der Waals surface area contributed by atoms with Gasteiger partial charge in [0, 0.05) is 32.5 Å². The van der Waals surface area contributed by atoms with Gasteiger partial charge in [-0.15, -0.1) is 0 Å². The van der Waals surface area contributed by atoms with Gasteiger partial charge in [-0.2, -0.15) is 0 Å². The molecule has 0 amide bonds. The average Bonchev–Trinajstić information content (AvgIpc) is 2.83. The Morgan fingerprint density at radius 1 is 0.788 bits per heavy atom. The van der Waals surface area contributed by atoms with Crippen molar-refractivity contribution in [2.24, 2.45) is 0 Å². The third-order valence-electron chi connectivity index (χ3n) is 4.25. The Labute approximate surface area is 192 Å². The van der Waals surface area contributed by atoms with Gasteiger partial charge in [-0.25, -0.2) is 0 Å². The molecule has 0 aliphatic carbocycles. The van der Waals surface area contributed by atoms with Gasteiger partial charge in [0.05, 0.1) is 14.2 Å². The van der Waals surface area contributed by atoms with Crippen molar-refractivity contribution in [2.75, 3.05) is 55.9 Å². The zero-order valence-corrected chi connectivity index (χ0v) is 19.2. The lowest BCUT2D eigenvalue weighted by Gasteiger charge is -2.16. The molecule has 2 aromatic rings. The predicted octanol–water partition coefficient (Wildman–Crippen LogP) is 3.25. The lowest BCUT2D eigenvalue weighted by atomic mass is 10.1. The third kappa shape index (κ3) is 6.75. The summed E-state index contributed by atoms with van der Waals surface area (Å²) in [4.78, 5) is 12.9. The summed E-state index contributed by atoms with van der Waals surface area (Å²) >= 11 is 0. The lowest BCUT2D eigenvalue weighted by Crippen LogP contribution is -2.07. The summed E-state index contributed by atoms with van der Waals surface area (Å²) in [5.41, 5.74) is 0.612. The van der Waals surface area contributed by atoms with Gasteiger partial charge in [0.2, 0.25) is 11.5 Å². The van der Waals surface area contributed by atoms with Crippen LogP contribution in [-0.4, -0.2) is 66.8 Å². The molecule has 2 aromatic carbocycles. The van der Waals surface area contributed by atoms with Crippen LogP contribution in [0.4, 0.5) is 0 Å². The predicted molar refractivity (Wildman–Crippen MR) is 119 cm³/mol. The largest absolute Gasteiger partial charge is 0.504 e. The Bertz CT molecular complexity index is 925. The van der Waals surface area contributed by atoms with Crippen LogP contribution in [0.2, 0.25) is 0 Å². The molecule has 0 aliphatic heterocycles. The Hall–Kier alpha value is -3.47. The molecule has 0 heterocycles. The van der Waals surface area contributed by atoms with Crippen LogP contribution in [0.1, 0.15) is 15.9 Å². The summed E-state index contributed by atoms with van der Waals surface area (Å²) in [5, 5.41) is 10.5. The summed E-state index contributed by atoms with van der Waals surface area (Å²) in [5.74, 6) is 0.673. The maximum absolute atomic E-state index is 12.9. The van der Waals surface area contributed by atoms with E-state index in [0.29, 0.717) is 17.1 Å². The molecule has 10 nitrogen and oxygen atoms in total. The summed E-state index contributed by atoms with van der Waals surface area (Å²) < 4.78 is 41.7. The van der Waals surface area contributed by atoms with Crippen molar-refractivity contribution in [1.82, 2.24) is 0 Å². The second-order valence-corrected chi connectivity index (χ2v) is 6.39. The monoisotopic (exact) mass is 464 g/mol. The second-order valence-electron chi connectivity index (χ2n) is 6.39. The Morgan fingerprint density at radius 2 is 1.30 bits per heavy atom. The molecule has 10 heteroatoms. The van der Waals surface area contributed by atoms with E-state index in [1.165, 1.54) is 59.8 Å². The number of carbonyl (C=O) groups is 1. The van der Waals surface area contributed by atoms with E-state index in [1.54, 1.807) is 12.1 Å². The number of phenolic OH excluding ortho intramolecular Hbond substituents is 1. The van der Waals surface area contributed by atoms with Gasteiger partial charge in [-0.3, -0.25) is 4.79 Å². The van der Waals surface area contributed by atoms with E-state index in [0.717, 1.165) is 0 Å². The van der Waals surface area contributed by atoms with Crippen LogP contribution in [0.15, 0.2) is 30.3 Å². The minimum atomic E-state index is -0.375. The van der Waals surface area contributed by atoms with Crippen LogP contribution in [0, 0.1) is 0 Å². The molecular formula is C23H28O10. The number of hydrogen-bond acceptors (Lipinski definition) is 10. The van der Waals surface area contributed by atoms with Crippen LogP contribution in [0.25, 0.3) is 6.08 Å². The Balaban J connectivity index is 2.36. The average molecular weight is 464 g/mol. The first-order chi connectivity index (χ1) is 16.0. The van der Waals surface area contributed by atoms with Gasteiger partial charge in [0.15, 0.2) is 49.2 Å². The number of ether oxygens (including phenoxy) is 8. The number of ketones is 1. The number of methoxy groups -OCH3 is 5. The fraction of sp³-hybridized carbons (Fsp3) is 0.348. The molecule has 0 aromatic heterocycles. The van der Waals surface area contributed by atoms with Crippen molar-refractivity contribution >= 4 is 11.9 Å². The van der Waals surface area contributed by atoms with Crippen molar-refractivity contribution in [1.29, 1.82) is 0 Å². The highest BCUT2D eigenvalue weighted by atomic mass is 16.7. The first kappa shape index (κ1) is 25.8.